The minimum absolute atomic E-state index is 0.182. The van der Waals surface area contributed by atoms with Crippen molar-refractivity contribution >= 4 is 47.3 Å². The molecule has 31 heavy (non-hydrogen) atoms. The third kappa shape index (κ3) is 11.8. The van der Waals surface area contributed by atoms with Crippen LogP contribution in [0.3, 0.4) is 0 Å². The van der Waals surface area contributed by atoms with Gasteiger partial charge in [-0.15, -0.1) is 22.2 Å². The maximum absolute atomic E-state index is 6.50. The van der Waals surface area contributed by atoms with Crippen LogP contribution in [0.2, 0.25) is 0 Å². The maximum Gasteiger partial charge on any atom is 0.523 e. The summed E-state index contributed by atoms with van der Waals surface area (Å²) in [6.07, 6.45) is -1.09. The van der Waals surface area contributed by atoms with E-state index in [1.54, 1.807) is 0 Å². The molecule has 187 valence electrons. The van der Waals surface area contributed by atoms with E-state index in [-0.39, 0.29) is 36.6 Å². The summed E-state index contributed by atoms with van der Waals surface area (Å²) in [4.78, 5) is 3.30. The van der Waals surface area contributed by atoms with Gasteiger partial charge in [0.15, 0.2) is 0 Å². The van der Waals surface area contributed by atoms with Crippen LogP contribution in [0.4, 0.5) is 0 Å². The van der Waals surface area contributed by atoms with Gasteiger partial charge in [-0.1, -0.05) is 0 Å². The third-order valence-corrected chi connectivity index (χ3v) is 13.7. The molecule has 0 aliphatic carbocycles. The van der Waals surface area contributed by atoms with E-state index in [0.717, 1.165) is 0 Å². The number of hydrogen-bond donors (Lipinski definition) is 1. The van der Waals surface area contributed by atoms with Crippen molar-refractivity contribution in [2.75, 3.05) is 0 Å². The van der Waals surface area contributed by atoms with Gasteiger partial charge in [0.05, 0.1) is 0 Å². The lowest BCUT2D eigenvalue weighted by molar-refractivity contribution is -0.0298. The molecule has 0 aromatic carbocycles. The van der Waals surface area contributed by atoms with Crippen LogP contribution in [0.15, 0.2) is 0 Å². The minimum Gasteiger partial charge on any atom is -0.370 e. The summed E-state index contributed by atoms with van der Waals surface area (Å²) in [5.74, 6) is 0. The molecule has 0 bridgehead atoms. The predicted octanol–water partition coefficient (Wildman–Crippen LogP) is 4.91. The van der Waals surface area contributed by atoms with Crippen molar-refractivity contribution in [2.24, 2.45) is 0 Å². The second-order valence-electron chi connectivity index (χ2n) is 9.04. The van der Waals surface area contributed by atoms with Gasteiger partial charge < -0.3 is 31.5 Å². The van der Waals surface area contributed by atoms with E-state index in [1.807, 2.05) is 83.1 Å². The Morgan fingerprint density at radius 3 is 0.806 bits per heavy atom. The van der Waals surface area contributed by atoms with Crippen molar-refractivity contribution < 1.29 is 26.6 Å². The fourth-order valence-electron chi connectivity index (χ4n) is 3.05. The zero-order valence-corrected chi connectivity index (χ0v) is 25.8. The van der Waals surface area contributed by atoms with Crippen LogP contribution < -0.4 is 4.98 Å². The summed E-state index contributed by atoms with van der Waals surface area (Å²) in [6.45, 7) is 23.3. The van der Waals surface area contributed by atoms with Crippen LogP contribution in [0.5, 0.6) is 0 Å². The zero-order valence-electron chi connectivity index (χ0n) is 21.2. The first-order valence-corrected chi connectivity index (χ1v) is 18.2. The maximum atomic E-state index is 6.50. The lowest BCUT2D eigenvalue weighted by Crippen LogP contribution is -2.79. The van der Waals surface area contributed by atoms with E-state index < -0.39 is 30.5 Å². The largest absolute Gasteiger partial charge is 0.523 e. The van der Waals surface area contributed by atoms with E-state index in [9.17, 15) is 0 Å². The van der Waals surface area contributed by atoms with Gasteiger partial charge >= 0.3 is 25.2 Å². The zero-order chi connectivity index (χ0) is 24.6. The molecule has 0 saturated carbocycles. The summed E-state index contributed by atoms with van der Waals surface area (Å²) in [5, 5.41) is -0.705. The van der Waals surface area contributed by atoms with Crippen LogP contribution in [0.1, 0.15) is 83.1 Å². The topological polar surface area (TPSA) is 67.4 Å². The molecule has 0 aromatic heterocycles. The molecule has 0 aromatic rings. The summed E-state index contributed by atoms with van der Waals surface area (Å²) in [7, 11) is -9.19. The molecule has 1 N–H and O–H groups in total. The van der Waals surface area contributed by atoms with Gasteiger partial charge in [-0.05, 0) is 83.1 Å². The predicted molar refractivity (Wildman–Crippen MR) is 133 cm³/mol. The number of halogens is 2. The van der Waals surface area contributed by atoms with Gasteiger partial charge in [-0.3, -0.25) is 0 Å². The summed E-state index contributed by atoms with van der Waals surface area (Å²) in [5.41, 5.74) is 0. The van der Waals surface area contributed by atoms with E-state index in [4.69, 9.17) is 48.7 Å². The van der Waals surface area contributed by atoms with Gasteiger partial charge in [0.25, 0.3) is 0 Å². The van der Waals surface area contributed by atoms with Gasteiger partial charge in [0.2, 0.25) is 0 Å². The first-order chi connectivity index (χ1) is 14.0. The average Bonchev–Trinajstić information content (AvgIpc) is 2.47. The second kappa shape index (κ2) is 14.4. The van der Waals surface area contributed by atoms with E-state index in [2.05, 4.69) is 4.98 Å². The fourth-order valence-corrected chi connectivity index (χ4v) is 15.3. The average molecular weight is 538 g/mol. The molecule has 0 spiro atoms. The van der Waals surface area contributed by atoms with Crippen LogP contribution in [0.25, 0.3) is 0 Å². The first kappa shape index (κ1) is 32.0. The van der Waals surface area contributed by atoms with Crippen molar-refractivity contribution in [3.8, 4) is 0 Å². The van der Waals surface area contributed by atoms with Crippen LogP contribution in [-0.2, 0) is 26.6 Å². The molecule has 0 rings (SSSR count). The lowest BCUT2D eigenvalue weighted by Gasteiger charge is -2.47. The fraction of sp³-hybridized carbons (Fsp3) is 1.00. The molecule has 0 unspecified atom stereocenters. The van der Waals surface area contributed by atoms with Crippen LogP contribution in [0, 0.1) is 0 Å². The second-order valence-corrected chi connectivity index (χ2v) is 18.3. The van der Waals surface area contributed by atoms with E-state index in [0.29, 0.717) is 0 Å². The van der Waals surface area contributed by atoms with Crippen molar-refractivity contribution in [1.29, 1.82) is 0 Å². The Hall–Kier alpha value is 0.951. The quantitative estimate of drug-likeness (QED) is 0.222. The number of hydrogen-bond acceptors (Lipinski definition) is 7. The molecule has 7 nitrogen and oxygen atoms in total. The number of rotatable bonds is 16. The van der Waals surface area contributed by atoms with Crippen LogP contribution >= 0.6 is 22.2 Å². The monoisotopic (exact) mass is 536 g/mol. The minimum atomic E-state index is -3.58. The molecule has 0 aliphatic rings. The van der Waals surface area contributed by atoms with Crippen LogP contribution in [-0.4, -0.2) is 67.1 Å². The molecular formula is C19H44Cl2NO6Si3. The Bertz CT molecular complexity index is 408. The molecule has 0 saturated heterocycles. The van der Waals surface area contributed by atoms with Gasteiger partial charge in [-0.2, -0.15) is 0 Å². The Balaban J connectivity index is 7.02. The summed E-state index contributed by atoms with van der Waals surface area (Å²) < 4.78 is 39.0. The molecule has 0 heterocycles. The molecule has 0 fully saturated rings. The highest BCUT2D eigenvalue weighted by atomic mass is 35.7. The van der Waals surface area contributed by atoms with Crippen molar-refractivity contribution in [3.05, 3.63) is 0 Å². The Labute approximate surface area is 203 Å². The smallest absolute Gasteiger partial charge is 0.370 e. The third-order valence-electron chi connectivity index (χ3n) is 3.36. The number of nitrogens with one attached hydrogen (secondary N) is 1. The lowest BCUT2D eigenvalue weighted by atomic mass is 10.5. The summed E-state index contributed by atoms with van der Waals surface area (Å²) >= 11 is 12.7. The van der Waals surface area contributed by atoms with Gasteiger partial charge in [0, 0.05) is 36.6 Å². The highest BCUT2D eigenvalue weighted by Gasteiger charge is 2.68. The van der Waals surface area contributed by atoms with Crippen molar-refractivity contribution in [2.45, 2.75) is 125 Å². The Morgan fingerprint density at radius 2 is 0.677 bits per heavy atom. The highest BCUT2D eigenvalue weighted by Crippen LogP contribution is 2.32. The first-order valence-electron chi connectivity index (χ1n) is 11.1. The van der Waals surface area contributed by atoms with Gasteiger partial charge in [0.1, 0.15) is 5.29 Å². The molecule has 1 radical (unpaired) electrons. The van der Waals surface area contributed by atoms with E-state index >= 15 is 0 Å². The molecular weight excluding hydrogens is 493 g/mol. The molecule has 0 atom stereocenters. The normalized spacial score (nSPS) is 14.1. The SMILES string of the molecule is CC(C)O[Si](OC(C)C)(OC(C)C)C(N[Si](Cl)Cl)[Si](OC(C)C)(OC(C)C)OC(C)C. The van der Waals surface area contributed by atoms with Crippen molar-refractivity contribution in [3.63, 3.8) is 0 Å². The van der Waals surface area contributed by atoms with Gasteiger partial charge in [-0.25, -0.2) is 0 Å². The Kier molecular flexibility index (Phi) is 14.8. The molecule has 0 amide bonds. The highest BCUT2D eigenvalue weighted by molar-refractivity contribution is 7.32. The standard InChI is InChI=1S/C19H44Cl2NO6Si3/c1-13(2)23-30(24-14(3)4,25-15(5)6)19(22-29(20)21)31(26-16(7)8,27-17(9)10)28-18(11)12/h13-19,22H,1-12H3. The summed E-state index contributed by atoms with van der Waals surface area (Å²) in [6, 6.07) is 0. The van der Waals surface area contributed by atoms with E-state index in [1.165, 1.54) is 0 Å². The van der Waals surface area contributed by atoms with Crippen molar-refractivity contribution in [1.82, 2.24) is 4.98 Å². The molecule has 0 aliphatic heterocycles. The Morgan fingerprint density at radius 1 is 0.484 bits per heavy atom. The molecule has 12 heteroatoms.